The van der Waals surface area contributed by atoms with Crippen molar-refractivity contribution in [3.05, 3.63) is 23.8 Å². The van der Waals surface area contributed by atoms with E-state index in [1.807, 2.05) is 65.9 Å². The summed E-state index contributed by atoms with van der Waals surface area (Å²) in [6, 6.07) is 5.62. The van der Waals surface area contributed by atoms with Gasteiger partial charge in [0, 0.05) is 26.2 Å². The standard InChI is InChI=1S/C36H65NO8Si/c1-24(2)27(19-26-15-16-31(43-11)32(20-26)44-18-14-17-42-10)22-30(37-34(40)45-35(5,6)7)28(21-29(25(3)4)33(38)39)23-36(8,9)46(12,13)41/h15-16,20,24-25,27-30,41H,14,17-19,21-23H2,1-13H3,(H,37,40)(H,38,39)/t27-,28+,29-,30-/m0/s1. The summed E-state index contributed by atoms with van der Waals surface area (Å²) in [5.74, 6) is 0.0102. The van der Waals surface area contributed by atoms with Gasteiger partial charge >= 0.3 is 12.1 Å². The molecule has 0 aliphatic rings. The van der Waals surface area contributed by atoms with Gasteiger partial charge in [-0.05, 0) is 106 Å². The Labute approximate surface area is 280 Å². The monoisotopic (exact) mass is 667 g/mol. The molecule has 0 fully saturated rings. The molecule has 0 heterocycles. The molecule has 0 aromatic heterocycles. The largest absolute Gasteiger partial charge is 0.493 e. The molecule has 1 rings (SSSR count). The number of methoxy groups -OCH3 is 2. The molecule has 10 heteroatoms. The second-order valence-electron chi connectivity index (χ2n) is 15.7. The van der Waals surface area contributed by atoms with Crippen LogP contribution in [0.15, 0.2) is 18.2 Å². The molecule has 4 atom stereocenters. The van der Waals surface area contributed by atoms with Crippen LogP contribution < -0.4 is 14.8 Å². The summed E-state index contributed by atoms with van der Waals surface area (Å²) in [6.07, 6.45) is 2.55. The van der Waals surface area contributed by atoms with Crippen LogP contribution in [0.25, 0.3) is 0 Å². The van der Waals surface area contributed by atoms with Gasteiger partial charge < -0.3 is 34.2 Å². The maximum Gasteiger partial charge on any atom is 0.407 e. The second kappa shape index (κ2) is 18.3. The van der Waals surface area contributed by atoms with Gasteiger partial charge in [0.2, 0.25) is 0 Å². The highest BCUT2D eigenvalue weighted by Crippen LogP contribution is 2.45. The van der Waals surface area contributed by atoms with E-state index in [9.17, 15) is 19.5 Å². The number of carboxylic acids is 1. The third-order valence-corrected chi connectivity index (χ3v) is 12.9. The van der Waals surface area contributed by atoms with Gasteiger partial charge in [-0.15, -0.1) is 0 Å². The minimum atomic E-state index is -2.66. The van der Waals surface area contributed by atoms with E-state index in [0.29, 0.717) is 44.0 Å². The second-order valence-corrected chi connectivity index (χ2v) is 20.2. The van der Waals surface area contributed by atoms with Gasteiger partial charge in [-0.1, -0.05) is 47.6 Å². The third kappa shape index (κ3) is 14.2. The maximum absolute atomic E-state index is 13.3. The molecule has 0 saturated carbocycles. The molecule has 0 spiro atoms. The SMILES string of the molecule is COCCCOc1cc(C[C@@H](C[C@H](NC(=O)OC(C)(C)C)[C@H](C[C@H](C(=O)O)C(C)C)CC(C)(C)[Si](C)(C)O)C(C)C)ccc1OC. The first kappa shape index (κ1) is 41.7. The zero-order chi connectivity index (χ0) is 35.5. The summed E-state index contributed by atoms with van der Waals surface area (Å²) in [5.41, 5.74) is 0.397. The normalized spacial score (nSPS) is 15.3. The van der Waals surface area contributed by atoms with Crippen LogP contribution in [0.2, 0.25) is 18.1 Å². The molecule has 0 aliphatic carbocycles. The topological polar surface area (TPSA) is 124 Å². The van der Waals surface area contributed by atoms with Crippen molar-refractivity contribution in [3.63, 3.8) is 0 Å². The van der Waals surface area contributed by atoms with E-state index in [2.05, 4.69) is 33.0 Å². The molecule has 0 saturated heterocycles. The van der Waals surface area contributed by atoms with Gasteiger partial charge in [0.15, 0.2) is 19.8 Å². The van der Waals surface area contributed by atoms with Crippen LogP contribution in [0.4, 0.5) is 4.79 Å². The maximum atomic E-state index is 13.3. The van der Waals surface area contributed by atoms with Crippen molar-refractivity contribution < 1.29 is 38.4 Å². The number of carbonyl (C=O) groups excluding carboxylic acids is 1. The number of benzene rings is 1. The molecule has 1 aromatic carbocycles. The Morgan fingerprint density at radius 3 is 2.02 bits per heavy atom. The van der Waals surface area contributed by atoms with E-state index in [1.165, 1.54) is 0 Å². The Bertz CT molecular complexity index is 1080. The molecule has 9 nitrogen and oxygen atoms in total. The molecule has 46 heavy (non-hydrogen) atoms. The number of carbonyl (C=O) groups is 2. The highest BCUT2D eigenvalue weighted by atomic mass is 28.4. The number of alkyl carbamates (subject to hydrolysis) is 1. The summed E-state index contributed by atoms with van der Waals surface area (Å²) in [5, 5.41) is 13.0. The van der Waals surface area contributed by atoms with Gasteiger partial charge in [-0.2, -0.15) is 0 Å². The summed E-state index contributed by atoms with van der Waals surface area (Å²) in [6.45, 7) is 22.8. The first-order chi connectivity index (χ1) is 21.1. The Morgan fingerprint density at radius 1 is 0.913 bits per heavy atom. The van der Waals surface area contributed by atoms with E-state index in [-0.39, 0.29) is 29.7 Å². The quantitative estimate of drug-likeness (QED) is 0.0946. The van der Waals surface area contributed by atoms with Crippen molar-refractivity contribution >= 4 is 20.4 Å². The zero-order valence-electron chi connectivity index (χ0n) is 31.0. The first-order valence-electron chi connectivity index (χ1n) is 16.8. The van der Waals surface area contributed by atoms with E-state index < -0.39 is 36.9 Å². The lowest BCUT2D eigenvalue weighted by molar-refractivity contribution is -0.144. The van der Waals surface area contributed by atoms with Gasteiger partial charge in [0.25, 0.3) is 0 Å². The molecule has 1 amide bonds. The number of hydrogen-bond donors (Lipinski definition) is 3. The number of ether oxygens (including phenoxy) is 4. The number of hydrogen-bond acceptors (Lipinski definition) is 7. The van der Waals surface area contributed by atoms with Crippen molar-refractivity contribution in [2.45, 2.75) is 124 Å². The number of rotatable bonds is 20. The lowest BCUT2D eigenvalue weighted by atomic mass is 9.74. The minimum absolute atomic E-state index is 0.0906. The average molecular weight is 668 g/mol. The highest BCUT2D eigenvalue weighted by molar-refractivity contribution is 6.72. The van der Waals surface area contributed by atoms with Crippen molar-refractivity contribution in [2.24, 2.45) is 29.6 Å². The summed E-state index contributed by atoms with van der Waals surface area (Å²) in [4.78, 5) is 37.1. The van der Waals surface area contributed by atoms with E-state index in [0.717, 1.165) is 18.4 Å². The molecule has 0 aliphatic heterocycles. The lowest BCUT2D eigenvalue weighted by Gasteiger charge is -2.42. The Kier molecular flexibility index (Phi) is 16.6. The molecular weight excluding hydrogens is 602 g/mol. The van der Waals surface area contributed by atoms with Crippen LogP contribution in [-0.4, -0.2) is 69.4 Å². The highest BCUT2D eigenvalue weighted by Gasteiger charge is 2.43. The molecule has 3 N–H and O–H groups in total. The predicted octanol–water partition coefficient (Wildman–Crippen LogP) is 7.94. The number of amides is 1. The van der Waals surface area contributed by atoms with Crippen molar-refractivity contribution in [3.8, 4) is 11.5 Å². The molecule has 0 unspecified atom stereocenters. The summed E-state index contributed by atoms with van der Waals surface area (Å²) < 4.78 is 22.5. The Hall–Kier alpha value is -2.30. The fraction of sp³-hybridized carbons (Fsp3) is 0.778. The summed E-state index contributed by atoms with van der Waals surface area (Å²) in [7, 11) is 0.636. The Morgan fingerprint density at radius 2 is 1.54 bits per heavy atom. The van der Waals surface area contributed by atoms with Crippen molar-refractivity contribution in [2.75, 3.05) is 27.4 Å². The number of nitrogens with one attached hydrogen (secondary N) is 1. The molecule has 1 aromatic rings. The fourth-order valence-electron chi connectivity index (χ4n) is 5.67. The summed E-state index contributed by atoms with van der Waals surface area (Å²) >= 11 is 0. The molecular formula is C36H65NO8Si. The number of carboxylic acid groups (broad SMARTS) is 1. The zero-order valence-corrected chi connectivity index (χ0v) is 32.0. The average Bonchev–Trinajstić information content (AvgIpc) is 2.90. The number of aliphatic carboxylic acids is 1. The molecule has 266 valence electrons. The van der Waals surface area contributed by atoms with Crippen LogP contribution in [0.3, 0.4) is 0 Å². The minimum Gasteiger partial charge on any atom is -0.493 e. The fourth-order valence-corrected chi connectivity index (χ4v) is 6.44. The predicted molar refractivity (Wildman–Crippen MR) is 187 cm³/mol. The van der Waals surface area contributed by atoms with Gasteiger partial charge in [-0.3, -0.25) is 4.79 Å². The molecule has 0 radical (unpaired) electrons. The molecule has 0 bridgehead atoms. The van der Waals surface area contributed by atoms with Crippen LogP contribution in [0, 0.1) is 29.6 Å². The third-order valence-electron chi connectivity index (χ3n) is 9.35. The van der Waals surface area contributed by atoms with Crippen LogP contribution in [-0.2, 0) is 20.7 Å². The Balaban J connectivity index is 3.59. The first-order valence-corrected chi connectivity index (χ1v) is 19.8. The van der Waals surface area contributed by atoms with E-state index in [1.54, 1.807) is 14.2 Å². The van der Waals surface area contributed by atoms with Gasteiger partial charge in [-0.25, -0.2) is 4.79 Å². The van der Waals surface area contributed by atoms with Crippen LogP contribution in [0.5, 0.6) is 11.5 Å². The van der Waals surface area contributed by atoms with Crippen LogP contribution >= 0.6 is 0 Å². The van der Waals surface area contributed by atoms with Crippen molar-refractivity contribution in [1.82, 2.24) is 5.32 Å². The smallest absolute Gasteiger partial charge is 0.407 e. The van der Waals surface area contributed by atoms with Crippen molar-refractivity contribution in [1.29, 1.82) is 0 Å². The van der Waals surface area contributed by atoms with Gasteiger partial charge in [0.1, 0.15) is 5.60 Å². The van der Waals surface area contributed by atoms with Gasteiger partial charge in [0.05, 0.1) is 19.6 Å². The lowest BCUT2D eigenvalue weighted by Crippen LogP contribution is -2.48. The van der Waals surface area contributed by atoms with E-state index in [4.69, 9.17) is 18.9 Å². The van der Waals surface area contributed by atoms with Crippen LogP contribution in [0.1, 0.15) is 93.6 Å². The van der Waals surface area contributed by atoms with E-state index >= 15 is 0 Å².